The maximum absolute atomic E-state index is 12.8. The van der Waals surface area contributed by atoms with Crippen LogP contribution in [0.3, 0.4) is 0 Å². The van der Waals surface area contributed by atoms with Gasteiger partial charge in [-0.25, -0.2) is 13.4 Å². The molecule has 1 aromatic carbocycles. The molecule has 0 bridgehead atoms. The Morgan fingerprint density at radius 2 is 1.82 bits per heavy atom. The molecule has 8 nitrogen and oxygen atoms in total. The molecule has 0 unspecified atom stereocenters. The van der Waals surface area contributed by atoms with Gasteiger partial charge in [0.2, 0.25) is 0 Å². The Balaban J connectivity index is 1.59. The maximum Gasteiger partial charge on any atom is 0.262 e. The van der Waals surface area contributed by atoms with Crippen molar-refractivity contribution in [3.05, 3.63) is 41.9 Å². The number of imidazole rings is 1. The van der Waals surface area contributed by atoms with E-state index in [4.69, 9.17) is 4.74 Å². The van der Waals surface area contributed by atoms with E-state index in [1.165, 1.54) is 10.5 Å². The van der Waals surface area contributed by atoms with Gasteiger partial charge in [-0.15, -0.1) is 0 Å². The highest BCUT2D eigenvalue weighted by molar-refractivity contribution is 7.89. The summed E-state index contributed by atoms with van der Waals surface area (Å²) in [5, 5.41) is 0.0509. The van der Waals surface area contributed by atoms with Gasteiger partial charge in [0.05, 0.1) is 0 Å². The van der Waals surface area contributed by atoms with Gasteiger partial charge in [0, 0.05) is 39.4 Å². The number of carbonyl (C=O) groups is 1. The van der Waals surface area contributed by atoms with Crippen LogP contribution in [0.15, 0.2) is 35.5 Å². The molecule has 0 N–H and O–H groups in total. The Morgan fingerprint density at radius 3 is 2.46 bits per heavy atom. The lowest BCUT2D eigenvalue weighted by Gasteiger charge is -2.21. The Hall–Kier alpha value is -2.39. The Kier molecular flexibility index (Phi) is 6.04. The Morgan fingerprint density at radius 1 is 1.11 bits per heavy atom. The van der Waals surface area contributed by atoms with Gasteiger partial charge in [0.25, 0.3) is 15.9 Å². The highest BCUT2D eigenvalue weighted by Gasteiger charge is 2.30. The number of aryl methyl sites for hydroxylation is 3. The predicted octanol–water partition coefficient (Wildman–Crippen LogP) is 1.34. The van der Waals surface area contributed by atoms with Crippen LogP contribution < -0.4 is 4.74 Å². The number of benzene rings is 1. The minimum Gasteiger partial charge on any atom is -0.484 e. The lowest BCUT2D eigenvalue weighted by atomic mass is 10.2. The van der Waals surface area contributed by atoms with Crippen LogP contribution in [0.1, 0.15) is 17.8 Å². The van der Waals surface area contributed by atoms with Gasteiger partial charge in [-0.1, -0.05) is 17.7 Å². The van der Waals surface area contributed by atoms with Crippen molar-refractivity contribution in [2.75, 3.05) is 32.8 Å². The van der Waals surface area contributed by atoms with Gasteiger partial charge in [-0.2, -0.15) is 4.31 Å². The standard InChI is InChI=1S/C19H26N4O4S/c1-15-5-7-17(8-6-15)27-14-19(24)22-9-4-10-23(12-11-22)28(25,26)18-13-21(3)16(2)20-18/h5-8,13H,4,9-12,14H2,1-3H3. The van der Waals surface area contributed by atoms with Crippen molar-refractivity contribution in [1.82, 2.24) is 18.8 Å². The van der Waals surface area contributed by atoms with E-state index in [-0.39, 0.29) is 24.1 Å². The van der Waals surface area contributed by atoms with Gasteiger partial charge in [-0.05, 0) is 32.4 Å². The Bertz CT molecular complexity index is 918. The van der Waals surface area contributed by atoms with Crippen molar-refractivity contribution in [2.45, 2.75) is 25.3 Å². The average molecular weight is 407 g/mol. The Labute approximate surface area is 165 Å². The molecule has 0 radical (unpaired) electrons. The van der Waals surface area contributed by atoms with Crippen LogP contribution in [0, 0.1) is 13.8 Å². The second-order valence-corrected chi connectivity index (χ2v) is 8.86. The van der Waals surface area contributed by atoms with E-state index < -0.39 is 10.0 Å². The quantitative estimate of drug-likeness (QED) is 0.748. The van der Waals surface area contributed by atoms with Gasteiger partial charge in [0.15, 0.2) is 11.6 Å². The highest BCUT2D eigenvalue weighted by atomic mass is 32.2. The molecule has 1 fully saturated rings. The molecule has 1 saturated heterocycles. The van der Waals surface area contributed by atoms with Crippen molar-refractivity contribution in [3.63, 3.8) is 0 Å². The molecule has 0 aliphatic carbocycles. The first-order valence-electron chi connectivity index (χ1n) is 9.25. The summed E-state index contributed by atoms with van der Waals surface area (Å²) >= 11 is 0. The lowest BCUT2D eigenvalue weighted by Crippen LogP contribution is -2.39. The van der Waals surface area contributed by atoms with Gasteiger partial charge < -0.3 is 14.2 Å². The number of hydrogen-bond acceptors (Lipinski definition) is 5. The molecule has 2 aromatic rings. The van der Waals surface area contributed by atoms with Crippen LogP contribution in [-0.2, 0) is 21.9 Å². The van der Waals surface area contributed by atoms with Crippen molar-refractivity contribution < 1.29 is 17.9 Å². The fourth-order valence-electron chi connectivity index (χ4n) is 3.04. The molecule has 1 amide bonds. The van der Waals surface area contributed by atoms with E-state index in [9.17, 15) is 13.2 Å². The molecule has 9 heteroatoms. The molecule has 152 valence electrons. The SMILES string of the molecule is Cc1ccc(OCC(=O)N2CCCN(S(=O)(=O)c3cn(C)c(C)n3)CC2)cc1. The number of amides is 1. The summed E-state index contributed by atoms with van der Waals surface area (Å²) in [6.45, 7) is 5.13. The molecule has 1 aliphatic rings. The first-order chi connectivity index (χ1) is 13.3. The normalized spacial score (nSPS) is 16.0. The third-order valence-electron chi connectivity index (χ3n) is 4.88. The molecular formula is C19H26N4O4S. The molecule has 1 aliphatic heterocycles. The molecule has 28 heavy (non-hydrogen) atoms. The molecule has 2 heterocycles. The first-order valence-corrected chi connectivity index (χ1v) is 10.7. The minimum atomic E-state index is -3.66. The topological polar surface area (TPSA) is 84.7 Å². The van der Waals surface area contributed by atoms with Crippen LogP contribution >= 0.6 is 0 Å². The fourth-order valence-corrected chi connectivity index (χ4v) is 4.53. The van der Waals surface area contributed by atoms with E-state index in [0.29, 0.717) is 37.6 Å². The van der Waals surface area contributed by atoms with Gasteiger partial charge in [0.1, 0.15) is 11.6 Å². The van der Waals surface area contributed by atoms with E-state index in [1.807, 2.05) is 31.2 Å². The summed E-state index contributed by atoms with van der Waals surface area (Å²) in [5.41, 5.74) is 1.12. The maximum atomic E-state index is 12.8. The number of rotatable bonds is 5. The zero-order valence-electron chi connectivity index (χ0n) is 16.5. The monoisotopic (exact) mass is 406 g/mol. The predicted molar refractivity (Wildman–Crippen MR) is 105 cm³/mol. The zero-order valence-corrected chi connectivity index (χ0v) is 17.3. The number of carbonyl (C=O) groups excluding carboxylic acids is 1. The van der Waals surface area contributed by atoms with Crippen molar-refractivity contribution >= 4 is 15.9 Å². The summed E-state index contributed by atoms with van der Waals surface area (Å²) in [6.07, 6.45) is 2.09. The summed E-state index contributed by atoms with van der Waals surface area (Å²) in [4.78, 5) is 18.3. The fraction of sp³-hybridized carbons (Fsp3) is 0.474. The molecule has 0 spiro atoms. The molecular weight excluding hydrogens is 380 g/mol. The van der Waals surface area contributed by atoms with Crippen LogP contribution in [-0.4, -0.2) is 65.9 Å². The average Bonchev–Trinajstić information content (AvgIpc) is 2.87. The molecule has 1 aromatic heterocycles. The second kappa shape index (κ2) is 8.32. The van der Waals surface area contributed by atoms with Crippen LogP contribution in [0.2, 0.25) is 0 Å². The van der Waals surface area contributed by atoms with Crippen LogP contribution in [0.25, 0.3) is 0 Å². The summed E-state index contributed by atoms with van der Waals surface area (Å²) < 4.78 is 34.3. The summed E-state index contributed by atoms with van der Waals surface area (Å²) in [7, 11) is -1.90. The third-order valence-corrected chi connectivity index (χ3v) is 6.65. The first kappa shape index (κ1) is 20.3. The van der Waals surface area contributed by atoms with Gasteiger partial charge >= 0.3 is 0 Å². The number of sulfonamides is 1. The number of ether oxygens (including phenoxy) is 1. The number of aromatic nitrogens is 2. The van der Waals surface area contributed by atoms with E-state index in [0.717, 1.165) is 5.56 Å². The molecule has 0 atom stereocenters. The van der Waals surface area contributed by atoms with Gasteiger partial charge in [-0.3, -0.25) is 4.79 Å². The van der Waals surface area contributed by atoms with Crippen LogP contribution in [0.4, 0.5) is 0 Å². The van der Waals surface area contributed by atoms with E-state index >= 15 is 0 Å². The van der Waals surface area contributed by atoms with E-state index in [1.54, 1.807) is 23.4 Å². The largest absolute Gasteiger partial charge is 0.484 e. The van der Waals surface area contributed by atoms with E-state index in [2.05, 4.69) is 4.98 Å². The molecule has 3 rings (SSSR count). The second-order valence-electron chi connectivity index (χ2n) is 6.98. The number of hydrogen-bond donors (Lipinski definition) is 0. The van der Waals surface area contributed by atoms with Crippen molar-refractivity contribution in [3.8, 4) is 5.75 Å². The van der Waals surface area contributed by atoms with Crippen molar-refractivity contribution in [2.24, 2.45) is 7.05 Å². The third kappa shape index (κ3) is 4.53. The smallest absolute Gasteiger partial charge is 0.262 e. The number of nitrogens with zero attached hydrogens (tertiary/aromatic N) is 4. The zero-order chi connectivity index (χ0) is 20.3. The lowest BCUT2D eigenvalue weighted by molar-refractivity contribution is -0.133. The molecule has 0 saturated carbocycles. The van der Waals surface area contributed by atoms with Crippen LogP contribution in [0.5, 0.6) is 5.75 Å². The summed E-state index contributed by atoms with van der Waals surface area (Å²) in [6, 6.07) is 7.50. The highest BCUT2D eigenvalue weighted by Crippen LogP contribution is 2.17. The van der Waals surface area contributed by atoms with Crippen molar-refractivity contribution in [1.29, 1.82) is 0 Å². The minimum absolute atomic E-state index is 0.0509. The summed E-state index contributed by atoms with van der Waals surface area (Å²) in [5.74, 6) is 1.13.